The molecule has 21 heavy (non-hydrogen) atoms. The first-order chi connectivity index (χ1) is 9.67. The fourth-order valence-electron chi connectivity index (χ4n) is 3.18. The molecule has 1 aromatic heterocycles. The number of hydrogen-bond donors (Lipinski definition) is 1. The predicted octanol–water partition coefficient (Wildman–Crippen LogP) is 3.41. The van der Waals surface area contributed by atoms with Gasteiger partial charge in [0, 0.05) is 5.92 Å². The average Bonchev–Trinajstić information content (AvgIpc) is 3.05. The number of rotatable bonds is 3. The van der Waals surface area contributed by atoms with Gasteiger partial charge < -0.3 is 10.3 Å². The summed E-state index contributed by atoms with van der Waals surface area (Å²) in [6, 6.07) is 8.54. The van der Waals surface area contributed by atoms with Gasteiger partial charge in [0.05, 0.1) is 5.54 Å². The molecule has 2 aliphatic carbocycles. The molecule has 2 fully saturated rings. The van der Waals surface area contributed by atoms with Gasteiger partial charge in [0.25, 0.3) is 0 Å². The second-order valence-corrected chi connectivity index (χ2v) is 6.27. The summed E-state index contributed by atoms with van der Waals surface area (Å²) in [4.78, 5) is 4.57. The van der Waals surface area contributed by atoms with Crippen LogP contribution in [-0.4, -0.2) is 10.1 Å². The van der Waals surface area contributed by atoms with Crippen molar-refractivity contribution in [3.8, 4) is 0 Å². The van der Waals surface area contributed by atoms with Crippen LogP contribution in [0.4, 0.5) is 0 Å². The molecule has 2 aromatic rings. The SMILES string of the molecule is Cc1ccccc1C1CC1c1nc(C2(N)CCC2)no1.Cl. The van der Waals surface area contributed by atoms with E-state index in [9.17, 15) is 0 Å². The van der Waals surface area contributed by atoms with Crippen LogP contribution in [0.15, 0.2) is 28.8 Å². The molecule has 0 spiro atoms. The lowest BCUT2D eigenvalue weighted by atomic mass is 9.77. The van der Waals surface area contributed by atoms with Gasteiger partial charge in [-0.25, -0.2) is 0 Å². The number of hydrogen-bond acceptors (Lipinski definition) is 4. The third-order valence-electron chi connectivity index (χ3n) is 4.83. The maximum Gasteiger partial charge on any atom is 0.230 e. The molecule has 2 aliphatic rings. The van der Waals surface area contributed by atoms with Crippen LogP contribution in [-0.2, 0) is 5.54 Å². The van der Waals surface area contributed by atoms with Crippen LogP contribution in [0.3, 0.4) is 0 Å². The third kappa shape index (κ3) is 2.36. The van der Waals surface area contributed by atoms with Crippen LogP contribution in [0.5, 0.6) is 0 Å². The minimum atomic E-state index is -0.325. The number of benzene rings is 1. The van der Waals surface area contributed by atoms with Gasteiger partial charge in [-0.3, -0.25) is 0 Å². The van der Waals surface area contributed by atoms with Gasteiger partial charge in [0.2, 0.25) is 5.89 Å². The highest BCUT2D eigenvalue weighted by Gasteiger charge is 2.46. The molecular weight excluding hydrogens is 286 g/mol. The Morgan fingerprint density at radius 1 is 1.24 bits per heavy atom. The Kier molecular flexibility index (Phi) is 3.54. The molecule has 112 valence electrons. The Bertz CT molecular complexity index is 650. The summed E-state index contributed by atoms with van der Waals surface area (Å²) in [5.41, 5.74) is 8.67. The zero-order valence-corrected chi connectivity index (χ0v) is 12.9. The molecule has 0 bridgehead atoms. The summed E-state index contributed by atoms with van der Waals surface area (Å²) in [6.45, 7) is 2.16. The van der Waals surface area contributed by atoms with Gasteiger partial charge in [-0.15, -0.1) is 12.4 Å². The van der Waals surface area contributed by atoms with E-state index in [2.05, 4.69) is 41.3 Å². The Morgan fingerprint density at radius 3 is 2.67 bits per heavy atom. The van der Waals surface area contributed by atoms with Gasteiger partial charge in [-0.05, 0) is 49.7 Å². The van der Waals surface area contributed by atoms with E-state index < -0.39 is 0 Å². The van der Waals surface area contributed by atoms with Crippen LogP contribution in [0.1, 0.15) is 60.4 Å². The first kappa shape index (κ1) is 14.5. The van der Waals surface area contributed by atoms with E-state index >= 15 is 0 Å². The minimum Gasteiger partial charge on any atom is -0.339 e. The molecule has 4 rings (SSSR count). The van der Waals surface area contributed by atoms with Gasteiger partial charge >= 0.3 is 0 Å². The number of nitrogens with two attached hydrogens (primary N) is 1. The molecule has 0 aliphatic heterocycles. The molecule has 0 amide bonds. The van der Waals surface area contributed by atoms with Crippen molar-refractivity contribution in [2.75, 3.05) is 0 Å². The van der Waals surface area contributed by atoms with Crippen molar-refractivity contribution < 1.29 is 4.52 Å². The van der Waals surface area contributed by atoms with Crippen molar-refractivity contribution in [2.24, 2.45) is 5.73 Å². The second kappa shape index (κ2) is 5.11. The fraction of sp³-hybridized carbons (Fsp3) is 0.500. The van der Waals surface area contributed by atoms with Crippen LogP contribution in [0, 0.1) is 6.92 Å². The Morgan fingerprint density at radius 2 is 2.00 bits per heavy atom. The van der Waals surface area contributed by atoms with Crippen molar-refractivity contribution in [2.45, 2.75) is 50.0 Å². The van der Waals surface area contributed by atoms with E-state index in [0.717, 1.165) is 31.6 Å². The summed E-state index contributed by atoms with van der Waals surface area (Å²) in [6.07, 6.45) is 4.20. The molecule has 2 N–H and O–H groups in total. The second-order valence-electron chi connectivity index (χ2n) is 6.27. The first-order valence-electron chi connectivity index (χ1n) is 7.36. The highest BCUT2D eigenvalue weighted by molar-refractivity contribution is 5.85. The summed E-state index contributed by atoms with van der Waals surface area (Å²) in [7, 11) is 0. The van der Waals surface area contributed by atoms with Gasteiger partial charge in [-0.1, -0.05) is 29.4 Å². The predicted molar refractivity (Wildman–Crippen MR) is 82.5 cm³/mol. The third-order valence-corrected chi connectivity index (χ3v) is 4.83. The van der Waals surface area contributed by atoms with Crippen molar-refractivity contribution in [1.29, 1.82) is 0 Å². The molecule has 0 radical (unpaired) electrons. The lowest BCUT2D eigenvalue weighted by Gasteiger charge is -2.34. The van der Waals surface area contributed by atoms with Crippen molar-refractivity contribution in [3.63, 3.8) is 0 Å². The lowest BCUT2D eigenvalue weighted by Crippen LogP contribution is -2.44. The van der Waals surface area contributed by atoms with Crippen LogP contribution >= 0.6 is 12.4 Å². The number of aryl methyl sites for hydroxylation is 1. The molecule has 4 nitrogen and oxygen atoms in total. The van der Waals surface area contributed by atoms with Crippen LogP contribution < -0.4 is 5.73 Å². The Hall–Kier alpha value is -1.39. The van der Waals surface area contributed by atoms with Crippen molar-refractivity contribution in [1.82, 2.24) is 10.1 Å². The molecule has 1 heterocycles. The number of halogens is 1. The molecule has 2 saturated carbocycles. The summed E-state index contributed by atoms with van der Waals surface area (Å²) in [5, 5.41) is 4.11. The highest BCUT2D eigenvalue weighted by atomic mass is 35.5. The van der Waals surface area contributed by atoms with E-state index in [4.69, 9.17) is 10.3 Å². The van der Waals surface area contributed by atoms with Crippen LogP contribution in [0.2, 0.25) is 0 Å². The van der Waals surface area contributed by atoms with Crippen molar-refractivity contribution >= 4 is 12.4 Å². The normalized spacial score (nSPS) is 25.8. The minimum absolute atomic E-state index is 0. The standard InChI is InChI=1S/C16H19N3O.ClH/c1-10-5-2-3-6-11(10)12-9-13(12)14-18-15(19-20-14)16(17)7-4-8-16;/h2-3,5-6,12-13H,4,7-9,17H2,1H3;1H. The zero-order valence-electron chi connectivity index (χ0n) is 12.1. The summed E-state index contributed by atoms with van der Waals surface area (Å²) >= 11 is 0. The molecule has 2 atom stereocenters. The molecule has 1 aromatic carbocycles. The lowest BCUT2D eigenvalue weighted by molar-refractivity contribution is 0.229. The largest absolute Gasteiger partial charge is 0.339 e. The van der Waals surface area contributed by atoms with E-state index in [1.54, 1.807) is 0 Å². The first-order valence-corrected chi connectivity index (χ1v) is 7.36. The molecule has 0 saturated heterocycles. The smallest absolute Gasteiger partial charge is 0.230 e. The number of nitrogens with zero attached hydrogens (tertiary/aromatic N) is 2. The van der Waals surface area contributed by atoms with E-state index in [1.807, 2.05) is 0 Å². The average molecular weight is 306 g/mol. The van der Waals surface area contributed by atoms with Gasteiger partial charge in [-0.2, -0.15) is 4.98 Å². The Balaban J connectivity index is 0.00000132. The topological polar surface area (TPSA) is 64.9 Å². The number of aromatic nitrogens is 2. The van der Waals surface area contributed by atoms with E-state index in [1.165, 1.54) is 11.1 Å². The highest BCUT2D eigenvalue weighted by Crippen LogP contribution is 2.55. The zero-order chi connectivity index (χ0) is 13.7. The maximum atomic E-state index is 6.24. The van der Waals surface area contributed by atoms with Gasteiger partial charge in [0.1, 0.15) is 0 Å². The van der Waals surface area contributed by atoms with E-state index in [0.29, 0.717) is 17.7 Å². The quantitative estimate of drug-likeness (QED) is 0.943. The van der Waals surface area contributed by atoms with Crippen LogP contribution in [0.25, 0.3) is 0 Å². The Labute approximate surface area is 130 Å². The van der Waals surface area contributed by atoms with E-state index in [-0.39, 0.29) is 17.9 Å². The van der Waals surface area contributed by atoms with Gasteiger partial charge in [0.15, 0.2) is 5.82 Å². The summed E-state index contributed by atoms with van der Waals surface area (Å²) in [5.74, 6) is 2.37. The summed E-state index contributed by atoms with van der Waals surface area (Å²) < 4.78 is 5.46. The molecular formula is C16H20ClN3O. The monoisotopic (exact) mass is 305 g/mol. The maximum absolute atomic E-state index is 6.24. The molecule has 2 unspecified atom stereocenters. The fourth-order valence-corrected chi connectivity index (χ4v) is 3.18. The van der Waals surface area contributed by atoms with Crippen molar-refractivity contribution in [3.05, 3.63) is 47.1 Å². The molecule has 5 heteroatoms.